The zero-order valence-corrected chi connectivity index (χ0v) is 7.57. The summed E-state index contributed by atoms with van der Waals surface area (Å²) in [5.41, 5.74) is 0.289. The van der Waals surface area contributed by atoms with Gasteiger partial charge in [-0.25, -0.2) is 0 Å². The van der Waals surface area contributed by atoms with Crippen LogP contribution in [0.25, 0.3) is 0 Å². The first kappa shape index (κ1) is 7.88. The zero-order valence-electron chi connectivity index (χ0n) is 6.81. The van der Waals surface area contributed by atoms with Crippen LogP contribution in [0.1, 0.15) is 32.1 Å². The van der Waals surface area contributed by atoms with Gasteiger partial charge in [0, 0.05) is 12.5 Å². The van der Waals surface area contributed by atoms with E-state index in [-0.39, 0.29) is 5.60 Å². The van der Waals surface area contributed by atoms with Crippen LogP contribution < -0.4 is 0 Å². The largest absolute Gasteiger partial charge is 0.375 e. The normalized spacial score (nSPS) is 35.2. The van der Waals surface area contributed by atoms with Crippen molar-refractivity contribution < 1.29 is 4.74 Å². The molecule has 1 aliphatic heterocycles. The monoisotopic (exact) mass is 174 g/mol. The third-order valence-corrected chi connectivity index (χ3v) is 3.51. The standard InChI is InChI=1S/C9H15ClO/c10-7-8-2-5-11-9(6-8)3-1-4-9/h8H,1-7H2. The molecule has 0 amide bonds. The summed E-state index contributed by atoms with van der Waals surface area (Å²) in [4.78, 5) is 0. The van der Waals surface area contributed by atoms with Gasteiger partial charge in [-0.15, -0.1) is 11.6 Å². The molecule has 0 radical (unpaired) electrons. The van der Waals surface area contributed by atoms with Crippen molar-refractivity contribution in [1.82, 2.24) is 0 Å². The van der Waals surface area contributed by atoms with Gasteiger partial charge in [-0.3, -0.25) is 0 Å². The first-order chi connectivity index (χ1) is 5.35. The number of rotatable bonds is 1. The minimum atomic E-state index is 0.289. The van der Waals surface area contributed by atoms with Crippen LogP contribution in [0.2, 0.25) is 0 Å². The van der Waals surface area contributed by atoms with E-state index in [1.54, 1.807) is 0 Å². The third-order valence-electron chi connectivity index (χ3n) is 3.08. The lowest BCUT2D eigenvalue weighted by atomic mass is 9.72. The second kappa shape index (κ2) is 2.95. The molecular formula is C9H15ClO. The van der Waals surface area contributed by atoms with Crippen molar-refractivity contribution in [1.29, 1.82) is 0 Å². The van der Waals surface area contributed by atoms with Crippen LogP contribution in [0, 0.1) is 5.92 Å². The van der Waals surface area contributed by atoms with Crippen LogP contribution in [0.15, 0.2) is 0 Å². The van der Waals surface area contributed by atoms with Gasteiger partial charge in [-0.2, -0.15) is 0 Å². The summed E-state index contributed by atoms with van der Waals surface area (Å²) in [5, 5.41) is 0. The van der Waals surface area contributed by atoms with Crippen LogP contribution >= 0.6 is 11.6 Å². The van der Waals surface area contributed by atoms with Crippen molar-refractivity contribution in [3.63, 3.8) is 0 Å². The van der Waals surface area contributed by atoms with Crippen molar-refractivity contribution in [2.75, 3.05) is 12.5 Å². The van der Waals surface area contributed by atoms with Crippen LogP contribution in [0.5, 0.6) is 0 Å². The Bertz CT molecular complexity index is 142. The maximum Gasteiger partial charge on any atom is 0.0685 e. The number of ether oxygens (including phenoxy) is 1. The minimum Gasteiger partial charge on any atom is -0.375 e. The Balaban J connectivity index is 1.92. The third kappa shape index (κ3) is 1.41. The van der Waals surface area contributed by atoms with E-state index in [4.69, 9.17) is 16.3 Å². The molecule has 1 heterocycles. The van der Waals surface area contributed by atoms with Crippen molar-refractivity contribution in [2.24, 2.45) is 5.92 Å². The van der Waals surface area contributed by atoms with Gasteiger partial charge in [0.15, 0.2) is 0 Å². The number of halogens is 1. The summed E-state index contributed by atoms with van der Waals surface area (Å²) in [6.07, 6.45) is 6.30. The molecule has 2 fully saturated rings. The van der Waals surface area contributed by atoms with Gasteiger partial charge in [0.2, 0.25) is 0 Å². The average Bonchev–Trinajstić information content (AvgIpc) is 2.02. The highest BCUT2D eigenvalue weighted by atomic mass is 35.5. The maximum absolute atomic E-state index is 5.83. The number of hydrogen-bond donors (Lipinski definition) is 0. The van der Waals surface area contributed by atoms with E-state index in [0.29, 0.717) is 0 Å². The average molecular weight is 175 g/mol. The van der Waals surface area contributed by atoms with Gasteiger partial charge in [0.1, 0.15) is 0 Å². The fourth-order valence-electron chi connectivity index (χ4n) is 2.18. The summed E-state index contributed by atoms with van der Waals surface area (Å²) < 4.78 is 5.77. The van der Waals surface area contributed by atoms with E-state index >= 15 is 0 Å². The second-order valence-electron chi connectivity index (χ2n) is 3.90. The Kier molecular flexibility index (Phi) is 2.11. The summed E-state index contributed by atoms with van der Waals surface area (Å²) in [7, 11) is 0. The van der Waals surface area contributed by atoms with Crippen molar-refractivity contribution in [3.05, 3.63) is 0 Å². The molecular weight excluding hydrogens is 160 g/mol. The lowest BCUT2D eigenvalue weighted by Crippen LogP contribution is -2.45. The molecule has 1 saturated heterocycles. The molecule has 1 atom stereocenters. The Morgan fingerprint density at radius 1 is 1.45 bits per heavy atom. The molecule has 1 aliphatic carbocycles. The second-order valence-corrected chi connectivity index (χ2v) is 4.21. The predicted molar refractivity (Wildman–Crippen MR) is 46.0 cm³/mol. The molecule has 11 heavy (non-hydrogen) atoms. The van der Waals surface area contributed by atoms with Crippen LogP contribution in [-0.4, -0.2) is 18.1 Å². The molecule has 0 aromatic carbocycles. The van der Waals surface area contributed by atoms with Gasteiger partial charge in [0.25, 0.3) is 0 Å². The van der Waals surface area contributed by atoms with E-state index in [1.807, 2.05) is 0 Å². The number of alkyl halides is 1. The van der Waals surface area contributed by atoms with Crippen LogP contribution in [-0.2, 0) is 4.74 Å². The molecule has 0 aromatic rings. The van der Waals surface area contributed by atoms with Crippen molar-refractivity contribution in [2.45, 2.75) is 37.7 Å². The fraction of sp³-hybridized carbons (Fsp3) is 1.00. The molecule has 0 N–H and O–H groups in total. The van der Waals surface area contributed by atoms with Crippen molar-refractivity contribution in [3.8, 4) is 0 Å². The zero-order chi connectivity index (χ0) is 7.73. The Morgan fingerprint density at radius 2 is 2.27 bits per heavy atom. The Hall–Kier alpha value is 0.250. The molecule has 1 saturated carbocycles. The lowest BCUT2D eigenvalue weighted by Gasteiger charge is -2.46. The SMILES string of the molecule is ClCC1CCOC2(CCC2)C1. The minimum absolute atomic E-state index is 0.289. The van der Waals surface area contributed by atoms with E-state index < -0.39 is 0 Å². The van der Waals surface area contributed by atoms with E-state index in [0.717, 1.165) is 18.4 Å². The summed E-state index contributed by atoms with van der Waals surface area (Å²) in [6.45, 7) is 0.942. The van der Waals surface area contributed by atoms with E-state index in [9.17, 15) is 0 Å². The van der Waals surface area contributed by atoms with Gasteiger partial charge in [-0.05, 0) is 38.0 Å². The van der Waals surface area contributed by atoms with Crippen LogP contribution in [0.3, 0.4) is 0 Å². The van der Waals surface area contributed by atoms with Crippen LogP contribution in [0.4, 0.5) is 0 Å². The topological polar surface area (TPSA) is 9.23 Å². The maximum atomic E-state index is 5.83. The molecule has 0 bridgehead atoms. The molecule has 1 unspecified atom stereocenters. The van der Waals surface area contributed by atoms with E-state index in [2.05, 4.69) is 0 Å². The molecule has 2 aliphatic rings. The summed E-state index contributed by atoms with van der Waals surface area (Å²) in [5.74, 6) is 1.55. The predicted octanol–water partition coefficient (Wildman–Crippen LogP) is 2.57. The van der Waals surface area contributed by atoms with Gasteiger partial charge < -0.3 is 4.74 Å². The Labute approximate surface area is 73.1 Å². The fourth-order valence-corrected chi connectivity index (χ4v) is 2.44. The molecule has 2 rings (SSSR count). The highest BCUT2D eigenvalue weighted by Gasteiger charge is 2.42. The first-order valence-corrected chi connectivity index (χ1v) is 5.08. The highest BCUT2D eigenvalue weighted by molar-refractivity contribution is 6.18. The molecule has 1 nitrogen and oxygen atoms in total. The molecule has 1 spiro atoms. The quantitative estimate of drug-likeness (QED) is 0.556. The highest BCUT2D eigenvalue weighted by Crippen LogP contribution is 2.44. The van der Waals surface area contributed by atoms with Crippen molar-refractivity contribution >= 4 is 11.6 Å². The molecule has 2 heteroatoms. The van der Waals surface area contributed by atoms with E-state index in [1.165, 1.54) is 32.1 Å². The Morgan fingerprint density at radius 3 is 2.82 bits per heavy atom. The van der Waals surface area contributed by atoms with Gasteiger partial charge in [-0.1, -0.05) is 0 Å². The summed E-state index contributed by atoms with van der Waals surface area (Å²) in [6, 6.07) is 0. The molecule has 0 aromatic heterocycles. The number of hydrogen-bond acceptors (Lipinski definition) is 1. The summed E-state index contributed by atoms with van der Waals surface area (Å²) >= 11 is 5.83. The smallest absolute Gasteiger partial charge is 0.0685 e. The molecule has 64 valence electrons. The lowest BCUT2D eigenvalue weighted by molar-refractivity contribution is -0.140. The van der Waals surface area contributed by atoms with Gasteiger partial charge in [0.05, 0.1) is 5.60 Å². The first-order valence-electron chi connectivity index (χ1n) is 4.55. The van der Waals surface area contributed by atoms with Gasteiger partial charge >= 0.3 is 0 Å².